The average Bonchev–Trinajstić information content (AvgIpc) is 2.96. The molecule has 0 aliphatic heterocycles. The van der Waals surface area contributed by atoms with Crippen molar-refractivity contribution < 1.29 is 4.79 Å². The average molecular weight is 297 g/mol. The van der Waals surface area contributed by atoms with Gasteiger partial charge in [-0.1, -0.05) is 19.9 Å². The number of rotatable bonds is 9. The quantitative estimate of drug-likeness (QED) is 0.736. The van der Waals surface area contributed by atoms with Gasteiger partial charge in [-0.05, 0) is 50.8 Å². The van der Waals surface area contributed by atoms with Crippen molar-refractivity contribution in [1.29, 1.82) is 0 Å². The summed E-state index contributed by atoms with van der Waals surface area (Å²) in [7, 11) is 0. The van der Waals surface area contributed by atoms with Gasteiger partial charge in [0.2, 0.25) is 5.91 Å². The van der Waals surface area contributed by atoms with E-state index in [4.69, 9.17) is 5.73 Å². The number of hydrogen-bond acceptors (Lipinski definition) is 4. The van der Waals surface area contributed by atoms with Crippen LogP contribution in [-0.2, 0) is 4.79 Å². The molecule has 0 saturated carbocycles. The molecule has 0 radical (unpaired) electrons. The highest BCUT2D eigenvalue weighted by atomic mass is 32.1. The highest BCUT2D eigenvalue weighted by Crippen LogP contribution is 2.17. The summed E-state index contributed by atoms with van der Waals surface area (Å²) >= 11 is 1.52. The Balaban J connectivity index is 2.28. The topological polar surface area (TPSA) is 58.4 Å². The van der Waals surface area contributed by atoms with E-state index in [0.29, 0.717) is 0 Å². The third kappa shape index (κ3) is 5.61. The van der Waals surface area contributed by atoms with E-state index in [1.54, 1.807) is 0 Å². The first-order valence-electron chi connectivity index (χ1n) is 7.40. The lowest BCUT2D eigenvalue weighted by Crippen LogP contribution is -2.39. The van der Waals surface area contributed by atoms with Crippen LogP contribution in [0, 0.1) is 0 Å². The number of carbonyl (C=O) groups is 1. The number of nitrogens with zero attached hydrogens (tertiary/aromatic N) is 1. The Morgan fingerprint density at radius 1 is 1.45 bits per heavy atom. The molecule has 1 amide bonds. The SMILES string of the molecule is CCN(CC)CCCC(C)NC(=O)C(N)c1cccs1. The lowest BCUT2D eigenvalue weighted by atomic mass is 10.1. The number of hydrogen-bond donors (Lipinski definition) is 2. The van der Waals surface area contributed by atoms with Gasteiger partial charge in [0.1, 0.15) is 6.04 Å². The first kappa shape index (κ1) is 17.1. The van der Waals surface area contributed by atoms with Crippen molar-refractivity contribution in [1.82, 2.24) is 10.2 Å². The summed E-state index contributed by atoms with van der Waals surface area (Å²) in [6.07, 6.45) is 2.08. The summed E-state index contributed by atoms with van der Waals surface area (Å²) in [5, 5.41) is 4.94. The van der Waals surface area contributed by atoms with Crippen LogP contribution in [-0.4, -0.2) is 36.5 Å². The van der Waals surface area contributed by atoms with Crippen LogP contribution in [0.15, 0.2) is 17.5 Å². The molecule has 0 aliphatic rings. The van der Waals surface area contributed by atoms with Crippen LogP contribution in [0.2, 0.25) is 0 Å². The third-order valence-electron chi connectivity index (χ3n) is 3.53. The third-order valence-corrected chi connectivity index (χ3v) is 4.48. The van der Waals surface area contributed by atoms with Crippen LogP contribution in [0.5, 0.6) is 0 Å². The molecule has 0 aliphatic carbocycles. The molecule has 114 valence electrons. The van der Waals surface area contributed by atoms with E-state index in [1.807, 2.05) is 24.4 Å². The molecule has 20 heavy (non-hydrogen) atoms. The number of carbonyl (C=O) groups excluding carboxylic acids is 1. The minimum Gasteiger partial charge on any atom is -0.352 e. The highest BCUT2D eigenvalue weighted by Gasteiger charge is 2.18. The largest absolute Gasteiger partial charge is 0.352 e. The summed E-state index contributed by atoms with van der Waals surface area (Å²) < 4.78 is 0. The van der Waals surface area contributed by atoms with Gasteiger partial charge < -0.3 is 16.0 Å². The molecule has 0 aromatic carbocycles. The second kappa shape index (κ2) is 9.10. The van der Waals surface area contributed by atoms with Gasteiger partial charge in [-0.15, -0.1) is 11.3 Å². The minimum absolute atomic E-state index is 0.0808. The molecule has 5 heteroatoms. The number of nitrogens with two attached hydrogens (primary N) is 1. The van der Waals surface area contributed by atoms with Crippen molar-refractivity contribution in [2.45, 2.75) is 45.7 Å². The molecule has 0 bridgehead atoms. The first-order chi connectivity index (χ1) is 9.58. The standard InChI is InChI=1S/C15H27N3OS/c1-4-18(5-2)10-6-8-12(3)17-15(19)14(16)13-9-7-11-20-13/h7,9,11-12,14H,4-6,8,10,16H2,1-3H3,(H,17,19). The van der Waals surface area contributed by atoms with Crippen LogP contribution >= 0.6 is 11.3 Å². The summed E-state index contributed by atoms with van der Waals surface area (Å²) in [5.74, 6) is -0.0808. The molecule has 1 rings (SSSR count). The lowest BCUT2D eigenvalue weighted by molar-refractivity contribution is -0.123. The van der Waals surface area contributed by atoms with Gasteiger partial charge in [0, 0.05) is 10.9 Å². The van der Waals surface area contributed by atoms with E-state index in [0.717, 1.165) is 37.4 Å². The Labute approximate surface area is 126 Å². The Hall–Kier alpha value is -0.910. The summed E-state index contributed by atoms with van der Waals surface area (Å²) in [5.41, 5.74) is 5.94. The second-order valence-electron chi connectivity index (χ2n) is 5.07. The fraction of sp³-hybridized carbons (Fsp3) is 0.667. The Kier molecular flexibility index (Phi) is 7.80. The molecule has 1 heterocycles. The van der Waals surface area contributed by atoms with Crippen LogP contribution in [0.4, 0.5) is 0 Å². The first-order valence-corrected chi connectivity index (χ1v) is 8.28. The maximum atomic E-state index is 12.0. The van der Waals surface area contributed by atoms with Crippen molar-refractivity contribution in [3.8, 4) is 0 Å². The zero-order valence-corrected chi connectivity index (χ0v) is 13.6. The number of amides is 1. The van der Waals surface area contributed by atoms with Gasteiger partial charge in [0.05, 0.1) is 0 Å². The number of thiophene rings is 1. The molecule has 3 N–H and O–H groups in total. The molecule has 1 aromatic rings. The van der Waals surface area contributed by atoms with Gasteiger partial charge in [-0.25, -0.2) is 0 Å². The minimum atomic E-state index is -0.541. The van der Waals surface area contributed by atoms with E-state index in [2.05, 4.69) is 24.1 Å². The van der Waals surface area contributed by atoms with Gasteiger partial charge in [-0.2, -0.15) is 0 Å². The van der Waals surface area contributed by atoms with Crippen molar-refractivity contribution in [2.24, 2.45) is 5.73 Å². The van der Waals surface area contributed by atoms with E-state index >= 15 is 0 Å². The summed E-state index contributed by atoms with van der Waals surface area (Å²) in [4.78, 5) is 15.3. The van der Waals surface area contributed by atoms with Crippen LogP contribution in [0.25, 0.3) is 0 Å². The van der Waals surface area contributed by atoms with Gasteiger partial charge in [0.25, 0.3) is 0 Å². The molecule has 0 fully saturated rings. The second-order valence-corrected chi connectivity index (χ2v) is 6.05. The van der Waals surface area contributed by atoms with Crippen molar-refractivity contribution in [3.05, 3.63) is 22.4 Å². The Bertz CT molecular complexity index is 376. The molecule has 2 atom stereocenters. The van der Waals surface area contributed by atoms with E-state index in [-0.39, 0.29) is 11.9 Å². The van der Waals surface area contributed by atoms with Crippen molar-refractivity contribution >= 4 is 17.2 Å². The van der Waals surface area contributed by atoms with Crippen molar-refractivity contribution in [2.75, 3.05) is 19.6 Å². The fourth-order valence-corrected chi connectivity index (χ4v) is 2.89. The molecule has 2 unspecified atom stereocenters. The predicted octanol–water partition coefficient (Wildman–Crippen LogP) is 2.37. The van der Waals surface area contributed by atoms with Gasteiger partial charge in [0.15, 0.2) is 0 Å². The monoisotopic (exact) mass is 297 g/mol. The van der Waals surface area contributed by atoms with Gasteiger partial charge in [-0.3, -0.25) is 4.79 Å². The number of nitrogens with one attached hydrogen (secondary N) is 1. The lowest BCUT2D eigenvalue weighted by Gasteiger charge is -2.20. The maximum Gasteiger partial charge on any atom is 0.242 e. The van der Waals surface area contributed by atoms with Crippen LogP contribution in [0.3, 0.4) is 0 Å². The van der Waals surface area contributed by atoms with Crippen LogP contribution in [0.1, 0.15) is 44.5 Å². The van der Waals surface area contributed by atoms with E-state index in [9.17, 15) is 4.79 Å². The highest BCUT2D eigenvalue weighted by molar-refractivity contribution is 7.10. The van der Waals surface area contributed by atoms with Crippen molar-refractivity contribution in [3.63, 3.8) is 0 Å². The molecular formula is C15H27N3OS. The molecule has 0 spiro atoms. The zero-order chi connectivity index (χ0) is 15.0. The predicted molar refractivity (Wildman–Crippen MR) is 85.9 cm³/mol. The molecule has 4 nitrogen and oxygen atoms in total. The molecule has 0 saturated heterocycles. The molecule has 1 aromatic heterocycles. The smallest absolute Gasteiger partial charge is 0.242 e. The summed E-state index contributed by atoms with van der Waals surface area (Å²) in [6, 6.07) is 3.45. The maximum absolute atomic E-state index is 12.0. The van der Waals surface area contributed by atoms with E-state index in [1.165, 1.54) is 11.3 Å². The zero-order valence-electron chi connectivity index (χ0n) is 12.8. The normalized spacial score (nSPS) is 14.2. The Morgan fingerprint density at radius 3 is 2.70 bits per heavy atom. The fourth-order valence-electron chi connectivity index (χ4n) is 2.16. The molecular weight excluding hydrogens is 270 g/mol. The van der Waals surface area contributed by atoms with Crippen LogP contribution < -0.4 is 11.1 Å². The van der Waals surface area contributed by atoms with E-state index < -0.39 is 6.04 Å². The van der Waals surface area contributed by atoms with Gasteiger partial charge >= 0.3 is 0 Å². The summed E-state index contributed by atoms with van der Waals surface area (Å²) in [6.45, 7) is 9.65. The Morgan fingerprint density at radius 2 is 2.15 bits per heavy atom.